The van der Waals surface area contributed by atoms with Crippen molar-refractivity contribution in [2.75, 3.05) is 0 Å². The van der Waals surface area contributed by atoms with Gasteiger partial charge in [-0.3, -0.25) is 0 Å². The number of nitriles is 1. The molecule has 0 amide bonds. The van der Waals surface area contributed by atoms with Crippen molar-refractivity contribution < 1.29 is 4.74 Å². The average Bonchev–Trinajstić information content (AvgIpc) is 2.34. The summed E-state index contributed by atoms with van der Waals surface area (Å²) in [6.45, 7) is 6.14. The summed E-state index contributed by atoms with van der Waals surface area (Å²) < 4.78 is 5.76. The van der Waals surface area contributed by atoms with Gasteiger partial charge < -0.3 is 4.74 Å². The second kappa shape index (κ2) is 7.71. The van der Waals surface area contributed by atoms with Crippen LogP contribution in [0.5, 0.6) is 5.88 Å². The number of nitrogens with zero attached hydrogens (tertiary/aromatic N) is 2. The zero-order chi connectivity index (χ0) is 13.4. The van der Waals surface area contributed by atoms with Crippen LogP contribution in [0.4, 0.5) is 0 Å². The molecular weight excluding hydrogens is 224 g/mol. The van der Waals surface area contributed by atoms with E-state index in [0.29, 0.717) is 11.4 Å². The normalized spacial score (nSPS) is 11.9. The summed E-state index contributed by atoms with van der Waals surface area (Å²) in [5, 5.41) is 8.89. The Hall–Kier alpha value is -1.56. The van der Waals surface area contributed by atoms with Gasteiger partial charge in [0.25, 0.3) is 0 Å². The highest BCUT2D eigenvalue weighted by Gasteiger charge is 2.06. The Morgan fingerprint density at radius 2 is 2.11 bits per heavy atom. The third-order valence-corrected chi connectivity index (χ3v) is 2.85. The fraction of sp³-hybridized carbons (Fsp3) is 0.600. The van der Waals surface area contributed by atoms with Crippen LogP contribution in [0, 0.1) is 18.3 Å². The molecule has 0 N–H and O–H groups in total. The number of aromatic nitrogens is 1. The van der Waals surface area contributed by atoms with Gasteiger partial charge in [-0.2, -0.15) is 5.26 Å². The Balaban J connectivity index is 2.46. The number of unbranched alkanes of at least 4 members (excludes halogenated alkanes) is 3. The first-order valence-electron chi connectivity index (χ1n) is 6.71. The van der Waals surface area contributed by atoms with Gasteiger partial charge in [0.1, 0.15) is 0 Å². The van der Waals surface area contributed by atoms with Crippen molar-refractivity contribution in [1.29, 1.82) is 5.26 Å². The third-order valence-electron chi connectivity index (χ3n) is 2.85. The Bertz CT molecular complexity index is 409. The highest BCUT2D eigenvalue weighted by Crippen LogP contribution is 2.15. The molecule has 0 aliphatic carbocycles. The topological polar surface area (TPSA) is 45.9 Å². The van der Waals surface area contributed by atoms with Crippen LogP contribution in [0.25, 0.3) is 0 Å². The van der Waals surface area contributed by atoms with Crippen LogP contribution in [-0.2, 0) is 0 Å². The maximum Gasteiger partial charge on any atom is 0.215 e. The van der Waals surface area contributed by atoms with E-state index < -0.39 is 0 Å². The van der Waals surface area contributed by atoms with Crippen LogP contribution in [0.3, 0.4) is 0 Å². The Kier molecular flexibility index (Phi) is 6.21. The quantitative estimate of drug-likeness (QED) is 0.683. The molecule has 3 nitrogen and oxygen atoms in total. The zero-order valence-corrected chi connectivity index (χ0v) is 11.6. The molecule has 0 bridgehead atoms. The minimum atomic E-state index is 0.155. The summed E-state index contributed by atoms with van der Waals surface area (Å²) in [5.74, 6) is 0.564. The molecule has 0 aliphatic rings. The molecule has 0 radical (unpaired) electrons. The fourth-order valence-corrected chi connectivity index (χ4v) is 1.89. The molecule has 1 heterocycles. The summed E-state index contributed by atoms with van der Waals surface area (Å²) in [4.78, 5) is 4.29. The molecule has 1 aromatic rings. The van der Waals surface area contributed by atoms with Crippen LogP contribution in [-0.4, -0.2) is 11.1 Å². The molecule has 0 aromatic carbocycles. The summed E-state index contributed by atoms with van der Waals surface area (Å²) >= 11 is 0. The van der Waals surface area contributed by atoms with Crippen LogP contribution in [0.15, 0.2) is 12.1 Å². The first kappa shape index (κ1) is 14.5. The highest BCUT2D eigenvalue weighted by molar-refractivity contribution is 5.34. The molecule has 98 valence electrons. The lowest BCUT2D eigenvalue weighted by Gasteiger charge is -2.14. The van der Waals surface area contributed by atoms with E-state index in [1.165, 1.54) is 25.7 Å². The standard InChI is InChI=1S/C15H22N2O/c1-4-5-6-7-8-13(3)18-15-10-14(11-16)9-12(2)17-15/h9-10,13H,4-8H2,1-3H3. The van der Waals surface area contributed by atoms with Gasteiger partial charge in [0.15, 0.2) is 0 Å². The monoisotopic (exact) mass is 246 g/mol. The number of rotatable bonds is 7. The predicted molar refractivity (Wildman–Crippen MR) is 72.5 cm³/mol. The maximum atomic E-state index is 8.89. The lowest BCUT2D eigenvalue weighted by atomic mass is 10.1. The average molecular weight is 246 g/mol. The van der Waals surface area contributed by atoms with Gasteiger partial charge in [-0.05, 0) is 32.8 Å². The molecule has 1 unspecified atom stereocenters. The van der Waals surface area contributed by atoms with Crippen LogP contribution in [0.2, 0.25) is 0 Å². The van der Waals surface area contributed by atoms with Crippen molar-refractivity contribution in [3.8, 4) is 11.9 Å². The summed E-state index contributed by atoms with van der Waals surface area (Å²) in [6, 6.07) is 5.59. The second-order valence-corrected chi connectivity index (χ2v) is 4.73. The van der Waals surface area contributed by atoms with Gasteiger partial charge in [-0.25, -0.2) is 4.98 Å². The first-order valence-corrected chi connectivity index (χ1v) is 6.71. The van der Waals surface area contributed by atoms with E-state index in [1.807, 2.05) is 6.92 Å². The van der Waals surface area contributed by atoms with Gasteiger partial charge in [0.05, 0.1) is 17.7 Å². The summed E-state index contributed by atoms with van der Waals surface area (Å²) in [6.07, 6.45) is 6.18. The molecule has 18 heavy (non-hydrogen) atoms. The highest BCUT2D eigenvalue weighted by atomic mass is 16.5. The minimum Gasteiger partial charge on any atom is -0.475 e. The van der Waals surface area contributed by atoms with Crippen molar-refractivity contribution in [2.24, 2.45) is 0 Å². The SMILES string of the molecule is CCCCCCC(C)Oc1cc(C#N)cc(C)n1. The molecule has 1 atom stereocenters. The van der Waals surface area contributed by atoms with Crippen molar-refractivity contribution in [3.05, 3.63) is 23.4 Å². The Morgan fingerprint density at radius 1 is 1.33 bits per heavy atom. The summed E-state index contributed by atoms with van der Waals surface area (Å²) in [5.41, 5.74) is 1.43. The second-order valence-electron chi connectivity index (χ2n) is 4.73. The van der Waals surface area contributed by atoms with Crippen molar-refractivity contribution in [2.45, 2.75) is 59.0 Å². The Morgan fingerprint density at radius 3 is 2.78 bits per heavy atom. The number of aryl methyl sites for hydroxylation is 1. The lowest BCUT2D eigenvalue weighted by molar-refractivity contribution is 0.198. The minimum absolute atomic E-state index is 0.155. The molecule has 0 spiro atoms. The van der Waals surface area contributed by atoms with Gasteiger partial charge in [-0.15, -0.1) is 0 Å². The molecular formula is C15H22N2O. The zero-order valence-electron chi connectivity index (χ0n) is 11.6. The van der Waals surface area contributed by atoms with Gasteiger partial charge >= 0.3 is 0 Å². The van der Waals surface area contributed by atoms with E-state index in [0.717, 1.165) is 12.1 Å². The fourth-order valence-electron chi connectivity index (χ4n) is 1.89. The summed E-state index contributed by atoms with van der Waals surface area (Å²) in [7, 11) is 0. The van der Waals surface area contributed by atoms with Crippen LogP contribution in [0.1, 0.15) is 57.2 Å². The lowest BCUT2D eigenvalue weighted by Crippen LogP contribution is -2.12. The maximum absolute atomic E-state index is 8.89. The van der Waals surface area contributed by atoms with Crippen LogP contribution < -0.4 is 4.74 Å². The molecule has 0 saturated heterocycles. The molecule has 0 aliphatic heterocycles. The van der Waals surface area contributed by atoms with Gasteiger partial charge in [0, 0.05) is 11.8 Å². The van der Waals surface area contributed by atoms with E-state index >= 15 is 0 Å². The van der Waals surface area contributed by atoms with E-state index in [9.17, 15) is 0 Å². The molecule has 0 fully saturated rings. The number of pyridine rings is 1. The van der Waals surface area contributed by atoms with Crippen molar-refractivity contribution in [3.63, 3.8) is 0 Å². The van der Waals surface area contributed by atoms with Crippen molar-refractivity contribution in [1.82, 2.24) is 4.98 Å². The number of hydrogen-bond acceptors (Lipinski definition) is 3. The van der Waals surface area contributed by atoms with E-state index in [2.05, 4.69) is 24.9 Å². The van der Waals surface area contributed by atoms with E-state index in [-0.39, 0.29) is 6.10 Å². The Labute approximate surface area is 110 Å². The molecule has 0 saturated carbocycles. The molecule has 3 heteroatoms. The van der Waals surface area contributed by atoms with E-state index in [1.54, 1.807) is 12.1 Å². The number of hydrogen-bond donors (Lipinski definition) is 0. The molecule has 1 aromatic heterocycles. The first-order chi connectivity index (χ1) is 8.65. The number of ether oxygens (including phenoxy) is 1. The van der Waals surface area contributed by atoms with Gasteiger partial charge in [0.2, 0.25) is 5.88 Å². The van der Waals surface area contributed by atoms with E-state index in [4.69, 9.17) is 10.00 Å². The predicted octanol–water partition coefficient (Wildman–Crippen LogP) is 4.00. The van der Waals surface area contributed by atoms with Crippen molar-refractivity contribution >= 4 is 0 Å². The van der Waals surface area contributed by atoms with Gasteiger partial charge in [-0.1, -0.05) is 26.2 Å². The third kappa shape index (κ3) is 5.18. The molecule has 1 rings (SSSR count). The van der Waals surface area contributed by atoms with Crippen LogP contribution >= 0.6 is 0 Å². The smallest absolute Gasteiger partial charge is 0.215 e. The largest absolute Gasteiger partial charge is 0.475 e.